The standard InChI is InChI=1S/C14H15NO5/c1-19-8-7-15-13(17)11(12(16)14(15)18)9-5-3-4-6-10(9)20-2/h3-6,16H,7-8H2,1-2H3. The van der Waals surface area contributed by atoms with Gasteiger partial charge in [0.15, 0.2) is 5.76 Å². The summed E-state index contributed by atoms with van der Waals surface area (Å²) in [6.07, 6.45) is 0. The maximum absolute atomic E-state index is 12.3. The predicted molar refractivity (Wildman–Crippen MR) is 71.1 cm³/mol. The van der Waals surface area contributed by atoms with Gasteiger partial charge in [-0.15, -0.1) is 0 Å². The van der Waals surface area contributed by atoms with Crippen LogP contribution in [0.15, 0.2) is 30.0 Å². The van der Waals surface area contributed by atoms with Crippen LogP contribution < -0.4 is 4.74 Å². The molecular formula is C14H15NO5. The molecule has 2 amide bonds. The van der Waals surface area contributed by atoms with Crippen molar-refractivity contribution in [1.82, 2.24) is 4.90 Å². The average molecular weight is 277 g/mol. The van der Waals surface area contributed by atoms with Crippen molar-refractivity contribution in [2.75, 3.05) is 27.4 Å². The van der Waals surface area contributed by atoms with Gasteiger partial charge in [-0.3, -0.25) is 14.5 Å². The van der Waals surface area contributed by atoms with E-state index in [1.807, 2.05) is 0 Å². The summed E-state index contributed by atoms with van der Waals surface area (Å²) in [5, 5.41) is 9.94. The second-order valence-corrected chi connectivity index (χ2v) is 4.18. The summed E-state index contributed by atoms with van der Waals surface area (Å²) in [7, 11) is 2.93. The normalized spacial score (nSPS) is 15.2. The van der Waals surface area contributed by atoms with Crippen molar-refractivity contribution in [2.45, 2.75) is 0 Å². The molecule has 1 N–H and O–H groups in total. The molecule has 0 bridgehead atoms. The van der Waals surface area contributed by atoms with Crippen LogP contribution in [0.2, 0.25) is 0 Å². The van der Waals surface area contributed by atoms with Gasteiger partial charge in [-0.2, -0.15) is 0 Å². The first-order valence-electron chi connectivity index (χ1n) is 6.03. The number of nitrogens with zero attached hydrogens (tertiary/aromatic N) is 1. The first-order chi connectivity index (χ1) is 9.61. The minimum absolute atomic E-state index is 0.0384. The Bertz CT molecular complexity index is 579. The Labute approximate surface area is 116 Å². The number of para-hydroxylation sites is 1. The van der Waals surface area contributed by atoms with E-state index in [2.05, 4.69) is 0 Å². The number of amides is 2. The number of methoxy groups -OCH3 is 2. The Morgan fingerprint density at radius 3 is 2.50 bits per heavy atom. The fourth-order valence-corrected chi connectivity index (χ4v) is 2.04. The Hall–Kier alpha value is -2.34. The smallest absolute Gasteiger partial charge is 0.296 e. The lowest BCUT2D eigenvalue weighted by Gasteiger charge is -2.14. The van der Waals surface area contributed by atoms with Crippen molar-refractivity contribution in [3.63, 3.8) is 0 Å². The molecule has 6 nitrogen and oxygen atoms in total. The van der Waals surface area contributed by atoms with Crippen LogP contribution in [-0.4, -0.2) is 49.2 Å². The van der Waals surface area contributed by atoms with E-state index >= 15 is 0 Å². The van der Waals surface area contributed by atoms with Crippen molar-refractivity contribution in [3.8, 4) is 5.75 Å². The van der Waals surface area contributed by atoms with E-state index in [9.17, 15) is 14.7 Å². The van der Waals surface area contributed by atoms with Crippen LogP contribution in [-0.2, 0) is 14.3 Å². The monoisotopic (exact) mass is 277 g/mol. The Morgan fingerprint density at radius 1 is 1.15 bits per heavy atom. The summed E-state index contributed by atoms with van der Waals surface area (Å²) in [6.45, 7) is 0.306. The fourth-order valence-electron chi connectivity index (χ4n) is 2.04. The molecule has 0 saturated heterocycles. The molecule has 1 aliphatic heterocycles. The molecule has 0 aromatic heterocycles. The molecule has 0 saturated carbocycles. The highest BCUT2D eigenvalue weighted by Gasteiger charge is 2.39. The van der Waals surface area contributed by atoms with Crippen molar-refractivity contribution in [3.05, 3.63) is 35.6 Å². The summed E-state index contributed by atoms with van der Waals surface area (Å²) < 4.78 is 10.0. The van der Waals surface area contributed by atoms with Crippen LogP contribution in [0.1, 0.15) is 5.56 Å². The quantitative estimate of drug-likeness (QED) is 0.812. The zero-order chi connectivity index (χ0) is 14.7. The second kappa shape index (κ2) is 5.75. The molecule has 0 atom stereocenters. The molecule has 0 spiro atoms. The highest BCUT2D eigenvalue weighted by molar-refractivity contribution is 6.35. The minimum atomic E-state index is -0.715. The molecule has 20 heavy (non-hydrogen) atoms. The summed E-state index contributed by atoms with van der Waals surface area (Å²) >= 11 is 0. The number of aliphatic hydroxyl groups is 1. The molecule has 0 radical (unpaired) electrons. The zero-order valence-electron chi connectivity index (χ0n) is 11.3. The van der Waals surface area contributed by atoms with E-state index in [-0.39, 0.29) is 18.7 Å². The second-order valence-electron chi connectivity index (χ2n) is 4.18. The molecule has 6 heteroatoms. The number of ether oxygens (including phenoxy) is 2. The minimum Gasteiger partial charge on any atom is -0.502 e. The van der Waals surface area contributed by atoms with Crippen molar-refractivity contribution < 1.29 is 24.2 Å². The average Bonchev–Trinajstić information content (AvgIpc) is 2.67. The summed E-state index contributed by atoms with van der Waals surface area (Å²) in [6, 6.07) is 6.72. The Balaban J connectivity index is 2.41. The topological polar surface area (TPSA) is 76.1 Å². The number of carbonyl (C=O) groups is 2. The fraction of sp³-hybridized carbons (Fsp3) is 0.286. The number of rotatable bonds is 5. The SMILES string of the molecule is COCCN1C(=O)C(O)=C(c2ccccc2OC)C1=O. The zero-order valence-corrected chi connectivity index (χ0v) is 11.3. The van der Waals surface area contributed by atoms with E-state index in [4.69, 9.17) is 9.47 Å². The maximum Gasteiger partial charge on any atom is 0.296 e. The maximum atomic E-state index is 12.3. The molecule has 1 aliphatic rings. The molecule has 0 unspecified atom stereocenters. The van der Waals surface area contributed by atoms with Crippen LogP contribution in [0.3, 0.4) is 0 Å². The van der Waals surface area contributed by atoms with Gasteiger partial charge in [-0.1, -0.05) is 18.2 Å². The number of hydrogen-bond donors (Lipinski definition) is 1. The molecule has 2 rings (SSSR count). The lowest BCUT2D eigenvalue weighted by atomic mass is 10.0. The van der Waals surface area contributed by atoms with Gasteiger partial charge in [-0.05, 0) is 6.07 Å². The number of benzene rings is 1. The molecule has 106 valence electrons. The van der Waals surface area contributed by atoms with Crippen molar-refractivity contribution in [2.24, 2.45) is 0 Å². The Kier molecular flexibility index (Phi) is 4.05. The van der Waals surface area contributed by atoms with Crippen LogP contribution in [0.25, 0.3) is 5.57 Å². The lowest BCUT2D eigenvalue weighted by Crippen LogP contribution is -2.34. The van der Waals surface area contributed by atoms with E-state index in [1.54, 1.807) is 24.3 Å². The third-order valence-electron chi connectivity index (χ3n) is 3.04. The van der Waals surface area contributed by atoms with E-state index < -0.39 is 17.6 Å². The Morgan fingerprint density at radius 2 is 1.85 bits per heavy atom. The molecule has 1 heterocycles. The first-order valence-corrected chi connectivity index (χ1v) is 6.03. The number of carbonyl (C=O) groups excluding carboxylic acids is 2. The van der Waals surface area contributed by atoms with Crippen LogP contribution >= 0.6 is 0 Å². The van der Waals surface area contributed by atoms with Gasteiger partial charge in [-0.25, -0.2) is 0 Å². The molecular weight excluding hydrogens is 262 g/mol. The lowest BCUT2D eigenvalue weighted by molar-refractivity contribution is -0.138. The van der Waals surface area contributed by atoms with Gasteiger partial charge < -0.3 is 14.6 Å². The van der Waals surface area contributed by atoms with Crippen molar-refractivity contribution in [1.29, 1.82) is 0 Å². The van der Waals surface area contributed by atoms with Crippen LogP contribution in [0.4, 0.5) is 0 Å². The van der Waals surface area contributed by atoms with Gasteiger partial charge in [0.25, 0.3) is 11.8 Å². The third-order valence-corrected chi connectivity index (χ3v) is 3.04. The van der Waals surface area contributed by atoms with E-state index in [0.29, 0.717) is 11.3 Å². The van der Waals surface area contributed by atoms with Gasteiger partial charge in [0, 0.05) is 12.7 Å². The highest BCUT2D eigenvalue weighted by Crippen LogP contribution is 2.33. The van der Waals surface area contributed by atoms with Crippen LogP contribution in [0.5, 0.6) is 5.75 Å². The third kappa shape index (κ3) is 2.25. The number of hydrogen-bond acceptors (Lipinski definition) is 5. The summed E-state index contributed by atoms with van der Waals surface area (Å²) in [4.78, 5) is 25.1. The number of aliphatic hydroxyl groups excluding tert-OH is 1. The summed E-state index contributed by atoms with van der Waals surface area (Å²) in [5.41, 5.74) is 0.356. The molecule has 1 aromatic rings. The van der Waals surface area contributed by atoms with Crippen LogP contribution in [0, 0.1) is 0 Å². The highest BCUT2D eigenvalue weighted by atomic mass is 16.5. The van der Waals surface area contributed by atoms with E-state index in [0.717, 1.165) is 4.90 Å². The summed E-state index contributed by atoms with van der Waals surface area (Å²) in [5.74, 6) is -1.40. The molecule has 0 aliphatic carbocycles. The van der Waals surface area contributed by atoms with Gasteiger partial charge in [0.05, 0.1) is 25.8 Å². The van der Waals surface area contributed by atoms with Gasteiger partial charge in [0.2, 0.25) is 0 Å². The first kappa shape index (κ1) is 14.1. The largest absolute Gasteiger partial charge is 0.502 e. The predicted octanol–water partition coefficient (Wildman–Crippen LogP) is 0.979. The van der Waals surface area contributed by atoms with E-state index in [1.165, 1.54) is 14.2 Å². The number of imide groups is 1. The van der Waals surface area contributed by atoms with Gasteiger partial charge >= 0.3 is 0 Å². The molecule has 1 aromatic carbocycles. The van der Waals surface area contributed by atoms with Gasteiger partial charge in [0.1, 0.15) is 5.75 Å². The molecule has 0 fully saturated rings. The van der Waals surface area contributed by atoms with Crippen molar-refractivity contribution >= 4 is 17.4 Å².